The van der Waals surface area contributed by atoms with Gasteiger partial charge in [0.1, 0.15) is 12.4 Å². The molecule has 0 radical (unpaired) electrons. The van der Waals surface area contributed by atoms with Crippen LogP contribution in [-0.4, -0.2) is 30.6 Å². The average Bonchev–Trinajstić information content (AvgIpc) is 2.91. The minimum absolute atomic E-state index is 0.500. The minimum atomic E-state index is 0.500. The second kappa shape index (κ2) is 7.07. The molecule has 1 aliphatic heterocycles. The van der Waals surface area contributed by atoms with E-state index in [-0.39, 0.29) is 0 Å². The Morgan fingerprint density at radius 2 is 2.19 bits per heavy atom. The molecule has 0 saturated carbocycles. The topological polar surface area (TPSA) is 24.5 Å². The molecule has 1 aromatic carbocycles. The highest BCUT2D eigenvalue weighted by molar-refractivity contribution is 7.09. The van der Waals surface area contributed by atoms with E-state index < -0.39 is 0 Å². The van der Waals surface area contributed by atoms with Gasteiger partial charge >= 0.3 is 0 Å². The van der Waals surface area contributed by atoms with Gasteiger partial charge < -0.3 is 10.1 Å². The van der Waals surface area contributed by atoms with E-state index in [0.717, 1.165) is 38.5 Å². The van der Waals surface area contributed by atoms with Gasteiger partial charge in [-0.1, -0.05) is 24.3 Å². The van der Waals surface area contributed by atoms with Crippen LogP contribution in [0.15, 0.2) is 41.8 Å². The number of hydrogen-bond donors (Lipinski definition) is 1. The summed E-state index contributed by atoms with van der Waals surface area (Å²) in [5, 5.41) is 5.69. The molecule has 1 N–H and O–H groups in total. The zero-order valence-corrected chi connectivity index (χ0v) is 13.2. The number of nitrogens with one attached hydrogen (secondary N) is 1. The fourth-order valence-electron chi connectivity index (χ4n) is 2.67. The summed E-state index contributed by atoms with van der Waals surface area (Å²) in [6, 6.07) is 13.1. The normalized spacial score (nSPS) is 16.8. The zero-order valence-electron chi connectivity index (χ0n) is 12.4. The van der Waals surface area contributed by atoms with Gasteiger partial charge in [-0.2, -0.15) is 0 Å². The van der Waals surface area contributed by atoms with Crippen LogP contribution in [0.3, 0.4) is 0 Å². The summed E-state index contributed by atoms with van der Waals surface area (Å²) in [5.74, 6) is 1.04. The quantitative estimate of drug-likeness (QED) is 0.918. The Hall–Kier alpha value is -1.36. The molecule has 0 spiro atoms. The molecule has 4 heteroatoms. The molecule has 112 valence electrons. The number of hydrogen-bond acceptors (Lipinski definition) is 4. The van der Waals surface area contributed by atoms with Crippen LogP contribution in [0, 0.1) is 0 Å². The maximum atomic E-state index is 5.83. The summed E-state index contributed by atoms with van der Waals surface area (Å²) in [4.78, 5) is 3.89. The van der Waals surface area contributed by atoms with Crippen LogP contribution in [0.5, 0.6) is 5.75 Å². The molecule has 2 aromatic rings. The molecule has 1 aliphatic rings. The first kappa shape index (κ1) is 14.6. The number of para-hydroxylation sites is 1. The van der Waals surface area contributed by atoms with Gasteiger partial charge in [0.25, 0.3) is 0 Å². The molecule has 21 heavy (non-hydrogen) atoms. The fourth-order valence-corrected chi connectivity index (χ4v) is 3.34. The van der Waals surface area contributed by atoms with Crippen molar-refractivity contribution < 1.29 is 4.74 Å². The Bertz CT molecular complexity index is 556. The van der Waals surface area contributed by atoms with Crippen molar-refractivity contribution >= 4 is 11.3 Å². The van der Waals surface area contributed by atoms with Gasteiger partial charge in [0, 0.05) is 42.7 Å². The Labute approximate surface area is 130 Å². The summed E-state index contributed by atoms with van der Waals surface area (Å²) >= 11 is 1.81. The highest BCUT2D eigenvalue weighted by atomic mass is 32.1. The first-order valence-electron chi connectivity index (χ1n) is 7.51. The molecule has 1 unspecified atom stereocenters. The van der Waals surface area contributed by atoms with Gasteiger partial charge in [-0.15, -0.1) is 11.3 Å². The van der Waals surface area contributed by atoms with Crippen molar-refractivity contribution in [3.8, 4) is 5.75 Å². The summed E-state index contributed by atoms with van der Waals surface area (Å²) in [7, 11) is 0. The molecule has 2 heterocycles. The summed E-state index contributed by atoms with van der Waals surface area (Å²) in [6.07, 6.45) is 0. The van der Waals surface area contributed by atoms with Crippen LogP contribution in [0.25, 0.3) is 0 Å². The van der Waals surface area contributed by atoms with E-state index in [2.05, 4.69) is 52.9 Å². The van der Waals surface area contributed by atoms with Gasteiger partial charge in [-0.3, -0.25) is 4.90 Å². The highest BCUT2D eigenvalue weighted by Gasteiger charge is 2.19. The number of rotatable bonds is 5. The van der Waals surface area contributed by atoms with Crippen LogP contribution in [0.1, 0.15) is 17.4 Å². The van der Waals surface area contributed by atoms with Crippen molar-refractivity contribution in [3.05, 3.63) is 52.2 Å². The average molecular weight is 302 g/mol. The van der Waals surface area contributed by atoms with Crippen molar-refractivity contribution in [3.63, 3.8) is 0 Å². The Kier molecular flexibility index (Phi) is 4.91. The first-order chi connectivity index (χ1) is 10.3. The van der Waals surface area contributed by atoms with E-state index in [1.165, 1.54) is 10.4 Å². The van der Waals surface area contributed by atoms with Gasteiger partial charge in [0.2, 0.25) is 0 Å². The monoisotopic (exact) mass is 302 g/mol. The third kappa shape index (κ3) is 3.84. The first-order valence-corrected chi connectivity index (χ1v) is 8.39. The zero-order chi connectivity index (χ0) is 14.5. The molecule has 0 bridgehead atoms. The van der Waals surface area contributed by atoms with Crippen LogP contribution >= 0.6 is 11.3 Å². The number of thiophene rings is 1. The Balaban J connectivity index is 1.53. The lowest BCUT2D eigenvalue weighted by atomic mass is 10.1. The predicted octanol–water partition coefficient (Wildman–Crippen LogP) is 3.12. The van der Waals surface area contributed by atoms with Crippen LogP contribution in [-0.2, 0) is 13.1 Å². The molecule has 3 nitrogen and oxygen atoms in total. The lowest BCUT2D eigenvalue weighted by molar-refractivity contribution is 0.175. The number of nitrogens with zero attached hydrogens (tertiary/aromatic N) is 1. The summed E-state index contributed by atoms with van der Waals surface area (Å²) < 4.78 is 5.83. The van der Waals surface area contributed by atoms with E-state index in [1.807, 2.05) is 17.4 Å². The molecule has 0 fully saturated rings. The van der Waals surface area contributed by atoms with E-state index in [0.29, 0.717) is 6.04 Å². The SMILES string of the molecule is CC(CNCc1cccs1)N1CCOc2ccccc2C1. The molecule has 0 aliphatic carbocycles. The van der Waals surface area contributed by atoms with Crippen molar-refractivity contribution in [2.45, 2.75) is 26.1 Å². The van der Waals surface area contributed by atoms with Crippen LogP contribution in [0.2, 0.25) is 0 Å². The molecular weight excluding hydrogens is 280 g/mol. The lowest BCUT2D eigenvalue weighted by Crippen LogP contribution is -2.40. The second-order valence-corrected chi connectivity index (χ2v) is 6.52. The van der Waals surface area contributed by atoms with Crippen LogP contribution < -0.4 is 10.1 Å². The second-order valence-electron chi connectivity index (χ2n) is 5.49. The molecule has 3 rings (SSSR count). The van der Waals surface area contributed by atoms with Gasteiger partial charge in [-0.25, -0.2) is 0 Å². The maximum Gasteiger partial charge on any atom is 0.123 e. The Morgan fingerprint density at radius 1 is 1.29 bits per heavy atom. The van der Waals surface area contributed by atoms with Crippen molar-refractivity contribution in [1.29, 1.82) is 0 Å². The van der Waals surface area contributed by atoms with Crippen molar-refractivity contribution in [2.24, 2.45) is 0 Å². The lowest BCUT2D eigenvalue weighted by Gasteiger charge is -2.27. The van der Waals surface area contributed by atoms with E-state index in [1.54, 1.807) is 0 Å². The minimum Gasteiger partial charge on any atom is -0.492 e. The van der Waals surface area contributed by atoms with Gasteiger partial charge in [-0.05, 0) is 24.4 Å². The number of benzene rings is 1. The third-order valence-electron chi connectivity index (χ3n) is 3.92. The molecule has 0 amide bonds. The molecule has 1 atom stereocenters. The Morgan fingerprint density at radius 3 is 3.05 bits per heavy atom. The van der Waals surface area contributed by atoms with Crippen molar-refractivity contribution in [1.82, 2.24) is 10.2 Å². The molecule has 0 saturated heterocycles. The predicted molar refractivity (Wildman–Crippen MR) is 87.8 cm³/mol. The van der Waals surface area contributed by atoms with E-state index in [9.17, 15) is 0 Å². The van der Waals surface area contributed by atoms with E-state index in [4.69, 9.17) is 4.74 Å². The maximum absolute atomic E-state index is 5.83. The summed E-state index contributed by atoms with van der Waals surface area (Å²) in [6.45, 7) is 6.97. The van der Waals surface area contributed by atoms with Crippen LogP contribution in [0.4, 0.5) is 0 Å². The molecule has 1 aromatic heterocycles. The van der Waals surface area contributed by atoms with E-state index >= 15 is 0 Å². The molecular formula is C17H22N2OS. The third-order valence-corrected chi connectivity index (χ3v) is 4.80. The van der Waals surface area contributed by atoms with Crippen molar-refractivity contribution in [2.75, 3.05) is 19.7 Å². The smallest absolute Gasteiger partial charge is 0.123 e. The fraction of sp³-hybridized carbons (Fsp3) is 0.412. The largest absolute Gasteiger partial charge is 0.492 e. The summed E-state index contributed by atoms with van der Waals surface area (Å²) in [5.41, 5.74) is 1.29. The van der Waals surface area contributed by atoms with Gasteiger partial charge in [0.05, 0.1) is 0 Å². The standard InChI is InChI=1S/C17H22N2OS/c1-14(11-18-12-16-6-4-10-21-16)19-8-9-20-17-7-3-2-5-15(17)13-19/h2-7,10,14,18H,8-9,11-13H2,1H3. The number of ether oxygens (including phenoxy) is 1. The number of fused-ring (bicyclic) bond motifs is 1. The highest BCUT2D eigenvalue weighted by Crippen LogP contribution is 2.23. The van der Waals surface area contributed by atoms with Gasteiger partial charge in [0.15, 0.2) is 0 Å².